The Morgan fingerprint density at radius 2 is 2.19 bits per heavy atom. The van der Waals surface area contributed by atoms with E-state index in [2.05, 4.69) is 31.7 Å². The number of hydrogen-bond donors (Lipinski definition) is 0. The first kappa shape index (κ1) is 16.6. The Hall–Kier alpha value is -0.770. The van der Waals surface area contributed by atoms with Crippen molar-refractivity contribution >= 4 is 11.6 Å². The molecule has 0 N–H and O–H groups in total. The van der Waals surface area contributed by atoms with E-state index in [0.717, 1.165) is 30.3 Å². The molecule has 0 aromatic heterocycles. The van der Waals surface area contributed by atoms with Crippen LogP contribution in [0.25, 0.3) is 0 Å². The van der Waals surface area contributed by atoms with Crippen molar-refractivity contribution in [3.63, 3.8) is 0 Å². The minimum atomic E-state index is 0.269. The molecule has 3 nitrogen and oxygen atoms in total. The predicted molar refractivity (Wildman–Crippen MR) is 87.2 cm³/mol. The Balaban J connectivity index is 2.30. The van der Waals surface area contributed by atoms with E-state index in [9.17, 15) is 0 Å². The van der Waals surface area contributed by atoms with Crippen LogP contribution in [-0.2, 0) is 17.7 Å². The molecule has 0 aliphatic carbocycles. The molecule has 2 rings (SSSR count). The third-order valence-electron chi connectivity index (χ3n) is 3.86. The highest BCUT2D eigenvalue weighted by Crippen LogP contribution is 2.34. The normalized spacial score (nSPS) is 19.2. The van der Waals surface area contributed by atoms with Gasteiger partial charge in [-0.05, 0) is 24.0 Å². The minimum Gasteiger partial charge on any atom is -0.490 e. The molecule has 1 unspecified atom stereocenters. The number of nitrogens with zero attached hydrogens (tertiary/aromatic N) is 1. The quantitative estimate of drug-likeness (QED) is 0.826. The second-order valence-corrected chi connectivity index (χ2v) is 6.57. The smallest absolute Gasteiger partial charge is 0.142 e. The lowest BCUT2D eigenvalue weighted by Gasteiger charge is -2.29. The molecule has 0 amide bonds. The molecule has 0 fully saturated rings. The Kier molecular flexibility index (Phi) is 5.91. The molecule has 1 aromatic carbocycles. The van der Waals surface area contributed by atoms with Crippen molar-refractivity contribution in [2.45, 2.75) is 39.8 Å². The summed E-state index contributed by atoms with van der Waals surface area (Å²) in [5, 5.41) is 0.729. The van der Waals surface area contributed by atoms with E-state index in [4.69, 9.17) is 21.1 Å². The lowest BCUT2D eigenvalue weighted by molar-refractivity contribution is 0.0573. The van der Waals surface area contributed by atoms with Crippen molar-refractivity contribution in [3.05, 3.63) is 28.3 Å². The Morgan fingerprint density at radius 3 is 2.81 bits per heavy atom. The molecule has 0 saturated carbocycles. The van der Waals surface area contributed by atoms with Gasteiger partial charge in [0.15, 0.2) is 0 Å². The summed E-state index contributed by atoms with van der Waals surface area (Å²) in [6.07, 6.45) is 0.985. The van der Waals surface area contributed by atoms with Crippen LogP contribution in [0.5, 0.6) is 5.75 Å². The van der Waals surface area contributed by atoms with Gasteiger partial charge in [-0.2, -0.15) is 0 Å². The van der Waals surface area contributed by atoms with Crippen LogP contribution >= 0.6 is 11.6 Å². The number of hydrogen-bond acceptors (Lipinski definition) is 3. The number of aryl methyl sites for hydroxylation is 1. The van der Waals surface area contributed by atoms with Crippen molar-refractivity contribution in [3.8, 4) is 5.75 Å². The second kappa shape index (κ2) is 7.48. The highest BCUT2D eigenvalue weighted by Gasteiger charge is 2.26. The largest absolute Gasteiger partial charge is 0.490 e. The summed E-state index contributed by atoms with van der Waals surface area (Å²) >= 11 is 6.40. The summed E-state index contributed by atoms with van der Waals surface area (Å²) in [5.41, 5.74) is 2.45. The number of halogens is 1. The van der Waals surface area contributed by atoms with Crippen LogP contribution in [0.2, 0.25) is 5.02 Å². The molecule has 0 bridgehead atoms. The van der Waals surface area contributed by atoms with Crippen LogP contribution < -0.4 is 4.74 Å². The molecule has 1 aromatic rings. The molecule has 0 radical (unpaired) electrons. The molecular weight excluding hydrogens is 286 g/mol. The van der Waals surface area contributed by atoms with Crippen molar-refractivity contribution < 1.29 is 9.47 Å². The lowest BCUT2D eigenvalue weighted by atomic mass is 10.1. The molecule has 1 heterocycles. The molecule has 118 valence electrons. The van der Waals surface area contributed by atoms with E-state index in [1.54, 1.807) is 7.11 Å². The standard InChI is InChI=1S/C17H26ClNO2/c1-5-13-6-14-9-19(8-12(2)3)15(10-20-4)11-21-17(14)16(18)7-13/h6-7,12,15H,5,8-11H2,1-4H3. The summed E-state index contributed by atoms with van der Waals surface area (Å²) < 4.78 is 11.4. The maximum absolute atomic E-state index is 6.40. The van der Waals surface area contributed by atoms with E-state index in [1.807, 2.05) is 6.07 Å². The molecule has 1 aliphatic heterocycles. The Labute approximate surface area is 133 Å². The highest BCUT2D eigenvalue weighted by molar-refractivity contribution is 6.32. The van der Waals surface area contributed by atoms with Gasteiger partial charge in [-0.1, -0.05) is 38.4 Å². The Bertz CT molecular complexity index is 476. The van der Waals surface area contributed by atoms with Gasteiger partial charge in [0.2, 0.25) is 0 Å². The van der Waals surface area contributed by atoms with E-state index in [0.29, 0.717) is 19.1 Å². The number of benzene rings is 1. The van der Waals surface area contributed by atoms with Gasteiger partial charge in [0, 0.05) is 25.8 Å². The van der Waals surface area contributed by atoms with Crippen molar-refractivity contribution in [1.82, 2.24) is 4.90 Å². The van der Waals surface area contributed by atoms with Gasteiger partial charge in [0.05, 0.1) is 17.7 Å². The molecular formula is C17H26ClNO2. The predicted octanol–water partition coefficient (Wildman–Crippen LogP) is 3.77. The summed E-state index contributed by atoms with van der Waals surface area (Å²) in [7, 11) is 1.74. The van der Waals surface area contributed by atoms with Gasteiger partial charge in [0.25, 0.3) is 0 Å². The molecule has 4 heteroatoms. The summed E-state index contributed by atoms with van der Waals surface area (Å²) in [6, 6.07) is 4.51. The van der Waals surface area contributed by atoms with E-state index < -0.39 is 0 Å². The van der Waals surface area contributed by atoms with E-state index >= 15 is 0 Å². The summed E-state index contributed by atoms with van der Waals surface area (Å²) in [4.78, 5) is 2.45. The minimum absolute atomic E-state index is 0.269. The van der Waals surface area contributed by atoms with Crippen molar-refractivity contribution in [1.29, 1.82) is 0 Å². The van der Waals surface area contributed by atoms with Gasteiger partial charge in [-0.25, -0.2) is 0 Å². The van der Waals surface area contributed by atoms with Crippen LogP contribution in [0.15, 0.2) is 12.1 Å². The zero-order valence-electron chi connectivity index (χ0n) is 13.5. The fourth-order valence-electron chi connectivity index (χ4n) is 2.86. The summed E-state index contributed by atoms with van der Waals surface area (Å²) in [5.74, 6) is 1.46. The average molecular weight is 312 g/mol. The number of fused-ring (bicyclic) bond motifs is 1. The lowest BCUT2D eigenvalue weighted by Crippen LogP contribution is -2.42. The van der Waals surface area contributed by atoms with Gasteiger partial charge in [-0.3, -0.25) is 4.90 Å². The number of ether oxygens (including phenoxy) is 2. The maximum atomic E-state index is 6.40. The first-order valence-electron chi connectivity index (χ1n) is 7.72. The van der Waals surface area contributed by atoms with Gasteiger partial charge >= 0.3 is 0 Å². The van der Waals surface area contributed by atoms with Crippen LogP contribution in [-0.4, -0.2) is 37.8 Å². The fraction of sp³-hybridized carbons (Fsp3) is 0.647. The van der Waals surface area contributed by atoms with Crippen LogP contribution in [0.3, 0.4) is 0 Å². The molecule has 21 heavy (non-hydrogen) atoms. The number of rotatable bonds is 5. The highest BCUT2D eigenvalue weighted by atomic mass is 35.5. The first-order chi connectivity index (χ1) is 10.0. The van der Waals surface area contributed by atoms with E-state index in [1.165, 1.54) is 11.1 Å². The fourth-order valence-corrected chi connectivity index (χ4v) is 3.17. The topological polar surface area (TPSA) is 21.7 Å². The third-order valence-corrected chi connectivity index (χ3v) is 4.14. The van der Waals surface area contributed by atoms with Crippen LogP contribution in [0.4, 0.5) is 0 Å². The SMILES string of the molecule is CCc1cc(Cl)c2c(c1)CN(CC(C)C)C(COC)CO2. The van der Waals surface area contributed by atoms with Crippen molar-refractivity contribution in [2.24, 2.45) is 5.92 Å². The Morgan fingerprint density at radius 1 is 1.43 bits per heavy atom. The zero-order valence-corrected chi connectivity index (χ0v) is 14.2. The average Bonchev–Trinajstić information content (AvgIpc) is 2.59. The molecule has 1 aliphatic rings. The molecule has 0 saturated heterocycles. The molecule has 0 spiro atoms. The molecule has 1 atom stereocenters. The van der Waals surface area contributed by atoms with Gasteiger partial charge < -0.3 is 9.47 Å². The van der Waals surface area contributed by atoms with Gasteiger partial charge in [-0.15, -0.1) is 0 Å². The first-order valence-corrected chi connectivity index (χ1v) is 8.10. The summed E-state index contributed by atoms with van der Waals surface area (Å²) in [6.45, 7) is 9.84. The monoisotopic (exact) mass is 311 g/mol. The third kappa shape index (κ3) is 4.12. The zero-order chi connectivity index (χ0) is 15.4. The second-order valence-electron chi connectivity index (χ2n) is 6.16. The van der Waals surface area contributed by atoms with Crippen LogP contribution in [0.1, 0.15) is 31.9 Å². The van der Waals surface area contributed by atoms with Gasteiger partial charge in [0.1, 0.15) is 12.4 Å². The van der Waals surface area contributed by atoms with Crippen molar-refractivity contribution in [2.75, 3.05) is 26.9 Å². The van der Waals surface area contributed by atoms with E-state index in [-0.39, 0.29) is 6.04 Å². The maximum Gasteiger partial charge on any atom is 0.142 e. The number of methoxy groups -OCH3 is 1. The van der Waals surface area contributed by atoms with Crippen LogP contribution in [0, 0.1) is 5.92 Å².